The molecule has 1 fully saturated rings. The zero-order valence-electron chi connectivity index (χ0n) is 18.2. The number of benzene rings is 2. The van der Waals surface area contributed by atoms with E-state index < -0.39 is 0 Å². The third kappa shape index (κ3) is 6.39. The molecular weight excluding hydrogens is 376 g/mol. The average Bonchev–Trinajstić information content (AvgIpc) is 3.05. The van der Waals surface area contributed by atoms with Gasteiger partial charge < -0.3 is 20.5 Å². The quantitative estimate of drug-likeness (QED) is 0.513. The molecule has 162 valence electrons. The average molecular weight is 411 g/mol. The summed E-state index contributed by atoms with van der Waals surface area (Å²) in [6, 6.07) is 14.4. The number of rotatable bonds is 8. The maximum Gasteiger partial charge on any atom is 0.189 e. The molecule has 0 aliphatic carbocycles. The lowest BCUT2D eigenvalue weighted by Gasteiger charge is -2.21. The lowest BCUT2D eigenvalue weighted by Crippen LogP contribution is -2.32. The zero-order chi connectivity index (χ0) is 21.2. The van der Waals surface area contributed by atoms with Gasteiger partial charge in [-0.15, -0.1) is 0 Å². The summed E-state index contributed by atoms with van der Waals surface area (Å²) in [6.45, 7) is 4.54. The fourth-order valence-electron chi connectivity index (χ4n) is 3.82. The fraction of sp³-hybridized carbons (Fsp3) is 0.458. The van der Waals surface area contributed by atoms with E-state index in [0.717, 1.165) is 12.1 Å². The highest BCUT2D eigenvalue weighted by atomic mass is 16.5. The Balaban J connectivity index is 1.57. The van der Waals surface area contributed by atoms with Crippen molar-refractivity contribution in [3.63, 3.8) is 0 Å². The second-order valence-electron chi connectivity index (χ2n) is 7.70. The van der Waals surface area contributed by atoms with Gasteiger partial charge in [-0.25, -0.2) is 4.99 Å². The zero-order valence-corrected chi connectivity index (χ0v) is 18.2. The number of hydrogen-bond donors (Lipinski definition) is 2. The molecule has 2 aromatic rings. The lowest BCUT2D eigenvalue weighted by molar-refractivity contribution is 0.276. The molecular formula is C24H34N4O2. The van der Waals surface area contributed by atoms with Crippen LogP contribution in [-0.2, 0) is 19.6 Å². The van der Waals surface area contributed by atoms with E-state index in [9.17, 15) is 0 Å². The van der Waals surface area contributed by atoms with Crippen molar-refractivity contribution in [1.29, 1.82) is 0 Å². The number of methoxy groups -OCH3 is 2. The highest BCUT2D eigenvalue weighted by Crippen LogP contribution is 2.27. The number of nitrogens with one attached hydrogen (secondary N) is 1. The van der Waals surface area contributed by atoms with E-state index in [0.29, 0.717) is 30.5 Å². The number of aliphatic imine (C=N–C) groups is 1. The second kappa shape index (κ2) is 11.5. The first kappa shape index (κ1) is 22.0. The summed E-state index contributed by atoms with van der Waals surface area (Å²) in [7, 11) is 3.26. The largest absolute Gasteiger partial charge is 0.493 e. The van der Waals surface area contributed by atoms with Crippen LogP contribution in [0.1, 0.15) is 42.4 Å². The number of ether oxygens (including phenoxy) is 2. The van der Waals surface area contributed by atoms with Crippen LogP contribution in [0.4, 0.5) is 0 Å². The second-order valence-corrected chi connectivity index (χ2v) is 7.70. The Kier molecular flexibility index (Phi) is 8.39. The van der Waals surface area contributed by atoms with Crippen molar-refractivity contribution in [3.05, 3.63) is 59.2 Å². The summed E-state index contributed by atoms with van der Waals surface area (Å²) in [6.07, 6.45) is 5.31. The molecule has 1 aliphatic rings. The molecule has 0 atom stereocenters. The summed E-state index contributed by atoms with van der Waals surface area (Å²) >= 11 is 0. The number of guanidine groups is 1. The van der Waals surface area contributed by atoms with Gasteiger partial charge in [-0.2, -0.15) is 0 Å². The third-order valence-corrected chi connectivity index (χ3v) is 5.55. The molecule has 3 N–H and O–H groups in total. The molecule has 0 unspecified atom stereocenters. The predicted octanol–water partition coefficient (Wildman–Crippen LogP) is 3.68. The Morgan fingerprint density at radius 1 is 0.967 bits per heavy atom. The highest BCUT2D eigenvalue weighted by molar-refractivity contribution is 5.77. The number of nitrogens with two attached hydrogens (primary N) is 1. The molecule has 1 aliphatic heterocycles. The van der Waals surface area contributed by atoms with Crippen molar-refractivity contribution in [2.75, 3.05) is 27.3 Å². The Morgan fingerprint density at radius 2 is 1.67 bits per heavy atom. The molecule has 6 heteroatoms. The molecule has 1 heterocycles. The van der Waals surface area contributed by atoms with Crippen molar-refractivity contribution in [1.82, 2.24) is 10.2 Å². The Bertz CT molecular complexity index is 830. The van der Waals surface area contributed by atoms with E-state index in [2.05, 4.69) is 39.5 Å². The first-order valence-electron chi connectivity index (χ1n) is 10.7. The Hall–Kier alpha value is -2.73. The first-order valence-corrected chi connectivity index (χ1v) is 10.7. The fourth-order valence-corrected chi connectivity index (χ4v) is 3.82. The van der Waals surface area contributed by atoms with Gasteiger partial charge in [0.1, 0.15) is 0 Å². The molecule has 0 saturated carbocycles. The van der Waals surface area contributed by atoms with Gasteiger partial charge in [0.05, 0.1) is 20.8 Å². The van der Waals surface area contributed by atoms with Crippen LogP contribution in [0.2, 0.25) is 0 Å². The monoisotopic (exact) mass is 410 g/mol. The van der Waals surface area contributed by atoms with Crippen LogP contribution in [0.5, 0.6) is 11.5 Å². The Morgan fingerprint density at radius 3 is 2.37 bits per heavy atom. The summed E-state index contributed by atoms with van der Waals surface area (Å²) in [5, 5.41) is 3.26. The van der Waals surface area contributed by atoms with Gasteiger partial charge in [0.2, 0.25) is 0 Å². The van der Waals surface area contributed by atoms with Crippen LogP contribution in [0.15, 0.2) is 47.5 Å². The van der Waals surface area contributed by atoms with Gasteiger partial charge in [0.25, 0.3) is 0 Å². The minimum absolute atomic E-state index is 0.439. The predicted molar refractivity (Wildman–Crippen MR) is 122 cm³/mol. The van der Waals surface area contributed by atoms with E-state index in [1.165, 1.54) is 49.9 Å². The number of nitrogens with zero attached hydrogens (tertiary/aromatic N) is 2. The normalized spacial score (nSPS) is 15.5. The summed E-state index contributed by atoms with van der Waals surface area (Å²) in [5.74, 6) is 1.84. The van der Waals surface area contributed by atoms with Crippen LogP contribution in [0, 0.1) is 0 Å². The molecule has 0 aromatic heterocycles. The maximum absolute atomic E-state index is 6.12. The van der Waals surface area contributed by atoms with Crippen LogP contribution in [0.3, 0.4) is 0 Å². The first-order chi connectivity index (χ1) is 14.7. The topological polar surface area (TPSA) is 72.1 Å². The van der Waals surface area contributed by atoms with Gasteiger partial charge >= 0.3 is 0 Å². The Labute approximate surface area is 180 Å². The van der Waals surface area contributed by atoms with Gasteiger partial charge in [-0.3, -0.25) is 4.90 Å². The molecule has 0 spiro atoms. The number of likely N-dealkylation sites (tertiary alicyclic amines) is 1. The number of hydrogen-bond acceptors (Lipinski definition) is 4. The molecule has 0 amide bonds. The lowest BCUT2D eigenvalue weighted by atomic mass is 10.1. The molecule has 0 bridgehead atoms. The van der Waals surface area contributed by atoms with Crippen LogP contribution in [0.25, 0.3) is 0 Å². The van der Waals surface area contributed by atoms with E-state index in [-0.39, 0.29) is 0 Å². The minimum Gasteiger partial charge on any atom is -0.493 e. The van der Waals surface area contributed by atoms with E-state index >= 15 is 0 Å². The van der Waals surface area contributed by atoms with Crippen LogP contribution in [-0.4, -0.2) is 38.2 Å². The van der Waals surface area contributed by atoms with Crippen molar-refractivity contribution in [2.24, 2.45) is 10.7 Å². The molecule has 2 aromatic carbocycles. The van der Waals surface area contributed by atoms with Crippen LogP contribution >= 0.6 is 0 Å². The van der Waals surface area contributed by atoms with Crippen molar-refractivity contribution in [2.45, 2.75) is 45.3 Å². The van der Waals surface area contributed by atoms with Crippen molar-refractivity contribution < 1.29 is 9.47 Å². The standard InChI is InChI=1S/C24H34N4O2/c1-29-22-12-11-19(15-23(22)30-2)16-26-24(25)27-17-20-9-5-6-10-21(20)18-28-13-7-3-4-8-14-28/h5-6,9-12,15H,3-4,7-8,13-14,16-18H2,1-2H3,(H3,25,26,27). The van der Waals surface area contributed by atoms with Gasteiger partial charge in [-0.05, 0) is 54.8 Å². The van der Waals surface area contributed by atoms with E-state index in [1.807, 2.05) is 18.2 Å². The summed E-state index contributed by atoms with van der Waals surface area (Å²) < 4.78 is 10.6. The van der Waals surface area contributed by atoms with E-state index in [4.69, 9.17) is 15.2 Å². The van der Waals surface area contributed by atoms with Gasteiger partial charge in [-0.1, -0.05) is 43.2 Å². The van der Waals surface area contributed by atoms with Gasteiger partial charge in [0.15, 0.2) is 17.5 Å². The molecule has 3 rings (SSSR count). The van der Waals surface area contributed by atoms with Gasteiger partial charge in [0, 0.05) is 13.1 Å². The third-order valence-electron chi connectivity index (χ3n) is 5.55. The molecule has 30 heavy (non-hydrogen) atoms. The maximum atomic E-state index is 6.12. The minimum atomic E-state index is 0.439. The van der Waals surface area contributed by atoms with Crippen LogP contribution < -0.4 is 20.5 Å². The smallest absolute Gasteiger partial charge is 0.189 e. The molecule has 6 nitrogen and oxygen atoms in total. The summed E-state index contributed by atoms with van der Waals surface area (Å²) in [4.78, 5) is 7.04. The molecule has 1 saturated heterocycles. The van der Waals surface area contributed by atoms with Crippen molar-refractivity contribution in [3.8, 4) is 11.5 Å². The van der Waals surface area contributed by atoms with Crippen molar-refractivity contribution >= 4 is 5.96 Å². The highest BCUT2D eigenvalue weighted by Gasteiger charge is 2.11. The SMILES string of the molecule is COc1ccc(CN=C(N)NCc2ccccc2CN2CCCCCC2)cc1OC. The van der Waals surface area contributed by atoms with E-state index in [1.54, 1.807) is 14.2 Å². The summed E-state index contributed by atoms with van der Waals surface area (Å²) in [5.41, 5.74) is 9.77. The molecule has 0 radical (unpaired) electrons.